The van der Waals surface area contributed by atoms with Crippen molar-refractivity contribution in [2.75, 3.05) is 19.6 Å². The zero-order chi connectivity index (χ0) is 21.6. The van der Waals surface area contributed by atoms with Crippen LogP contribution in [0.4, 0.5) is 0 Å². The van der Waals surface area contributed by atoms with Gasteiger partial charge in [0.2, 0.25) is 11.8 Å². The lowest BCUT2D eigenvalue weighted by molar-refractivity contribution is -0.167. The first-order chi connectivity index (χ1) is 14.9. The van der Waals surface area contributed by atoms with Crippen molar-refractivity contribution in [3.8, 4) is 5.75 Å². The van der Waals surface area contributed by atoms with Crippen LogP contribution in [0.1, 0.15) is 62.2 Å². The summed E-state index contributed by atoms with van der Waals surface area (Å²) in [6, 6.07) is 7.37. The number of nitrogens with one attached hydrogen (secondary N) is 2. The van der Waals surface area contributed by atoms with E-state index in [9.17, 15) is 14.4 Å². The number of carbonyl (C=O) groups is 3. The topological polar surface area (TPSA) is 87.7 Å². The monoisotopic (exact) mass is 425 g/mol. The number of nitrogens with zero attached hydrogens (tertiary/aromatic N) is 1. The van der Waals surface area contributed by atoms with Gasteiger partial charge in [0.05, 0.1) is 5.56 Å². The minimum Gasteiger partial charge on any atom is -0.467 e. The Kier molecular flexibility index (Phi) is 4.94. The molecule has 1 aromatic carbocycles. The molecule has 31 heavy (non-hydrogen) atoms. The number of hydrogen-bond donors (Lipinski definition) is 2. The smallest absolute Gasteiger partial charge is 0.258 e. The van der Waals surface area contributed by atoms with E-state index >= 15 is 0 Å². The fraction of sp³-hybridized carbons (Fsp3) is 0.625. The van der Waals surface area contributed by atoms with E-state index in [0.717, 1.165) is 38.6 Å². The molecule has 4 fully saturated rings. The van der Waals surface area contributed by atoms with Gasteiger partial charge in [-0.05, 0) is 49.7 Å². The molecule has 1 saturated heterocycles. The van der Waals surface area contributed by atoms with Crippen LogP contribution in [-0.4, -0.2) is 48.0 Å². The average molecular weight is 426 g/mol. The second kappa shape index (κ2) is 7.53. The van der Waals surface area contributed by atoms with E-state index in [2.05, 4.69) is 17.6 Å². The van der Waals surface area contributed by atoms with E-state index < -0.39 is 5.72 Å². The number of amides is 3. The Bertz CT molecular complexity index is 918. The van der Waals surface area contributed by atoms with Gasteiger partial charge in [0.1, 0.15) is 5.75 Å². The molecule has 7 nitrogen and oxygen atoms in total. The van der Waals surface area contributed by atoms with Crippen LogP contribution in [0.25, 0.3) is 0 Å². The van der Waals surface area contributed by atoms with Crippen molar-refractivity contribution >= 4 is 17.7 Å². The molecule has 5 aliphatic rings. The van der Waals surface area contributed by atoms with Gasteiger partial charge in [-0.2, -0.15) is 0 Å². The molecule has 4 unspecified atom stereocenters. The molecular formula is C24H31N3O4. The summed E-state index contributed by atoms with van der Waals surface area (Å²) in [6.45, 7) is 4.30. The molecule has 2 bridgehead atoms. The van der Waals surface area contributed by atoms with Gasteiger partial charge < -0.3 is 20.3 Å². The van der Waals surface area contributed by atoms with E-state index in [-0.39, 0.29) is 35.0 Å². The lowest BCUT2D eigenvalue weighted by Gasteiger charge is -2.59. The van der Waals surface area contributed by atoms with E-state index in [1.165, 1.54) is 0 Å². The molecule has 2 aliphatic heterocycles. The van der Waals surface area contributed by atoms with Crippen molar-refractivity contribution in [1.82, 2.24) is 15.5 Å². The highest BCUT2D eigenvalue weighted by atomic mass is 16.5. The predicted molar refractivity (Wildman–Crippen MR) is 114 cm³/mol. The van der Waals surface area contributed by atoms with Crippen LogP contribution in [-0.2, 0) is 9.59 Å². The fourth-order valence-corrected chi connectivity index (χ4v) is 6.20. The predicted octanol–water partition coefficient (Wildman–Crippen LogP) is 2.46. The lowest BCUT2D eigenvalue weighted by atomic mass is 9.52. The molecule has 0 aromatic heterocycles. The number of carbonyl (C=O) groups excluding carboxylic acids is 3. The summed E-state index contributed by atoms with van der Waals surface area (Å²) in [5, 5.41) is 6.27. The van der Waals surface area contributed by atoms with Crippen molar-refractivity contribution < 1.29 is 19.1 Å². The van der Waals surface area contributed by atoms with Gasteiger partial charge in [-0.3, -0.25) is 14.4 Å². The molecule has 3 amide bonds. The molecule has 4 atom stereocenters. The number of ether oxygens (including phenoxy) is 1. The Labute approximate surface area is 182 Å². The number of likely N-dealkylation sites (tertiary alicyclic amines) is 1. The van der Waals surface area contributed by atoms with Crippen LogP contribution in [0, 0.1) is 17.3 Å². The largest absolute Gasteiger partial charge is 0.467 e. The average Bonchev–Trinajstić information content (AvgIpc) is 3.15. The third kappa shape index (κ3) is 3.48. The van der Waals surface area contributed by atoms with Gasteiger partial charge in [-0.1, -0.05) is 19.1 Å². The molecule has 3 saturated carbocycles. The molecule has 2 heterocycles. The highest BCUT2D eigenvalue weighted by molar-refractivity contribution is 5.98. The molecule has 6 rings (SSSR count). The Morgan fingerprint density at radius 3 is 2.94 bits per heavy atom. The Morgan fingerprint density at radius 1 is 1.32 bits per heavy atom. The Balaban J connectivity index is 1.23. The summed E-state index contributed by atoms with van der Waals surface area (Å²) in [6.07, 6.45) is 5.64. The van der Waals surface area contributed by atoms with Crippen LogP contribution in [0.2, 0.25) is 0 Å². The first kappa shape index (κ1) is 20.3. The van der Waals surface area contributed by atoms with E-state index in [1.54, 1.807) is 6.07 Å². The fourth-order valence-electron chi connectivity index (χ4n) is 6.20. The summed E-state index contributed by atoms with van der Waals surface area (Å²) in [5.41, 5.74) is -0.361. The summed E-state index contributed by atoms with van der Waals surface area (Å²) in [7, 11) is 0. The van der Waals surface area contributed by atoms with Crippen LogP contribution in [0.5, 0.6) is 5.75 Å². The molecule has 166 valence electrons. The number of hydrogen-bond acceptors (Lipinski definition) is 4. The second-order valence-corrected chi connectivity index (χ2v) is 9.93. The van der Waals surface area contributed by atoms with Crippen LogP contribution in [0.15, 0.2) is 24.3 Å². The number of rotatable bonds is 5. The van der Waals surface area contributed by atoms with E-state index in [4.69, 9.17) is 4.74 Å². The minimum atomic E-state index is -0.717. The summed E-state index contributed by atoms with van der Waals surface area (Å²) in [5.74, 6) is 0.907. The SMILES string of the molecule is CC12CCC(CC1C(=O)NCCCN1CCCC1=O)C1(C2)NC(=O)c2ccccc2O1. The first-order valence-electron chi connectivity index (χ1n) is 11.6. The van der Waals surface area contributed by atoms with Crippen molar-refractivity contribution in [1.29, 1.82) is 0 Å². The molecule has 3 aliphatic carbocycles. The maximum Gasteiger partial charge on any atom is 0.258 e. The number of fused-ring (bicyclic) bond motifs is 3. The quantitative estimate of drug-likeness (QED) is 0.710. The highest BCUT2D eigenvalue weighted by Gasteiger charge is 2.61. The normalized spacial score (nSPS) is 33.8. The number of para-hydroxylation sites is 1. The van der Waals surface area contributed by atoms with Gasteiger partial charge in [0.15, 0.2) is 5.72 Å². The van der Waals surface area contributed by atoms with Crippen molar-refractivity contribution in [3.63, 3.8) is 0 Å². The van der Waals surface area contributed by atoms with Gasteiger partial charge in [-0.25, -0.2) is 0 Å². The van der Waals surface area contributed by atoms with Crippen LogP contribution < -0.4 is 15.4 Å². The second-order valence-electron chi connectivity index (χ2n) is 9.93. The zero-order valence-electron chi connectivity index (χ0n) is 18.1. The Morgan fingerprint density at radius 2 is 2.16 bits per heavy atom. The first-order valence-corrected chi connectivity index (χ1v) is 11.6. The molecule has 1 spiro atoms. The lowest BCUT2D eigenvalue weighted by Crippen LogP contribution is -2.69. The van der Waals surface area contributed by atoms with Crippen molar-refractivity contribution in [2.45, 2.75) is 57.6 Å². The third-order valence-electron chi connectivity index (χ3n) is 7.89. The highest BCUT2D eigenvalue weighted by Crippen LogP contribution is 2.58. The van der Waals surface area contributed by atoms with Crippen LogP contribution in [0.3, 0.4) is 0 Å². The Hall–Kier alpha value is -2.57. The zero-order valence-corrected chi connectivity index (χ0v) is 18.1. The third-order valence-corrected chi connectivity index (χ3v) is 7.89. The maximum absolute atomic E-state index is 13.1. The molecule has 0 radical (unpaired) electrons. The van der Waals surface area contributed by atoms with Crippen molar-refractivity contribution in [2.24, 2.45) is 17.3 Å². The molecule has 1 aromatic rings. The van der Waals surface area contributed by atoms with Crippen molar-refractivity contribution in [3.05, 3.63) is 29.8 Å². The van der Waals surface area contributed by atoms with Gasteiger partial charge in [0, 0.05) is 44.3 Å². The van der Waals surface area contributed by atoms with Gasteiger partial charge >= 0.3 is 0 Å². The summed E-state index contributed by atoms with van der Waals surface area (Å²) < 4.78 is 6.42. The molecule has 2 N–H and O–H groups in total. The van der Waals surface area contributed by atoms with Gasteiger partial charge in [0.25, 0.3) is 5.91 Å². The van der Waals surface area contributed by atoms with Gasteiger partial charge in [-0.15, -0.1) is 0 Å². The maximum atomic E-state index is 13.1. The standard InChI is InChI=1S/C24H31N3O4/c1-23-10-9-16(24(15-23)26-21(29)17-6-2-3-7-19(17)31-24)14-18(23)22(30)25-11-5-13-27-12-4-8-20(27)28/h2-3,6-7,16,18H,4-5,8-15H2,1H3,(H,25,30)(H,26,29). The molecular weight excluding hydrogens is 394 g/mol. The summed E-state index contributed by atoms with van der Waals surface area (Å²) in [4.78, 5) is 39.4. The van der Waals surface area contributed by atoms with Crippen LogP contribution >= 0.6 is 0 Å². The summed E-state index contributed by atoms with van der Waals surface area (Å²) >= 11 is 0. The van der Waals surface area contributed by atoms with E-state index in [0.29, 0.717) is 37.2 Å². The van der Waals surface area contributed by atoms with E-state index in [1.807, 2.05) is 23.1 Å². The minimum absolute atomic E-state index is 0.0806. The number of benzene rings is 1. The molecule has 7 heteroatoms.